The van der Waals surface area contributed by atoms with Crippen molar-refractivity contribution in [1.82, 2.24) is 4.98 Å². The standard InChI is InChI=1S/C9H11NO2S/c1-12-9(11)8(13)5-7-3-2-4-10-6-7/h2-4,6,8,13H,5H2,1H3. The van der Waals surface area contributed by atoms with Crippen molar-refractivity contribution in [3.8, 4) is 0 Å². The highest BCUT2D eigenvalue weighted by Crippen LogP contribution is 2.07. The number of rotatable bonds is 3. The smallest absolute Gasteiger partial charge is 0.318 e. The lowest BCUT2D eigenvalue weighted by Crippen LogP contribution is -2.18. The molecule has 0 N–H and O–H groups in total. The van der Waals surface area contributed by atoms with E-state index in [9.17, 15) is 4.79 Å². The van der Waals surface area contributed by atoms with Crippen molar-refractivity contribution < 1.29 is 9.53 Å². The van der Waals surface area contributed by atoms with Crippen LogP contribution in [0.1, 0.15) is 5.56 Å². The number of carbonyl (C=O) groups excluding carboxylic acids is 1. The second-order valence-corrected chi connectivity index (χ2v) is 3.23. The zero-order chi connectivity index (χ0) is 9.68. The lowest BCUT2D eigenvalue weighted by Gasteiger charge is -2.07. The molecule has 0 fully saturated rings. The Bertz CT molecular complexity index is 276. The molecule has 13 heavy (non-hydrogen) atoms. The topological polar surface area (TPSA) is 39.2 Å². The highest BCUT2D eigenvalue weighted by molar-refractivity contribution is 7.81. The molecule has 0 aliphatic carbocycles. The minimum atomic E-state index is -0.408. The van der Waals surface area contributed by atoms with E-state index in [0.717, 1.165) is 5.56 Å². The van der Waals surface area contributed by atoms with Crippen LogP contribution in [-0.2, 0) is 16.0 Å². The Balaban J connectivity index is 2.55. The normalized spacial score (nSPS) is 12.2. The van der Waals surface area contributed by atoms with Gasteiger partial charge in [0, 0.05) is 12.4 Å². The third-order valence-electron chi connectivity index (χ3n) is 1.63. The molecule has 1 unspecified atom stereocenters. The van der Waals surface area contributed by atoms with Crippen LogP contribution in [0.3, 0.4) is 0 Å². The van der Waals surface area contributed by atoms with Gasteiger partial charge in [0.15, 0.2) is 0 Å². The van der Waals surface area contributed by atoms with Crippen LogP contribution in [0.5, 0.6) is 0 Å². The predicted molar refractivity (Wildman–Crippen MR) is 52.7 cm³/mol. The van der Waals surface area contributed by atoms with Crippen molar-refractivity contribution in [3.05, 3.63) is 30.1 Å². The first kappa shape index (κ1) is 10.1. The Morgan fingerprint density at radius 1 is 1.77 bits per heavy atom. The molecule has 0 saturated heterocycles. The number of hydrogen-bond donors (Lipinski definition) is 1. The highest BCUT2D eigenvalue weighted by Gasteiger charge is 2.14. The number of thiol groups is 1. The molecule has 1 aromatic heterocycles. The number of esters is 1. The molecule has 0 amide bonds. The summed E-state index contributed by atoms with van der Waals surface area (Å²) in [7, 11) is 1.36. The van der Waals surface area contributed by atoms with E-state index in [2.05, 4.69) is 22.3 Å². The molecule has 0 spiro atoms. The van der Waals surface area contributed by atoms with E-state index in [1.165, 1.54) is 7.11 Å². The second kappa shape index (κ2) is 4.87. The average Bonchev–Trinajstić information content (AvgIpc) is 2.18. The Labute approximate surface area is 82.5 Å². The van der Waals surface area contributed by atoms with Crippen LogP contribution in [-0.4, -0.2) is 23.3 Å². The first-order chi connectivity index (χ1) is 6.24. The van der Waals surface area contributed by atoms with Gasteiger partial charge < -0.3 is 4.74 Å². The largest absolute Gasteiger partial charge is 0.468 e. The lowest BCUT2D eigenvalue weighted by molar-refractivity contribution is -0.139. The highest BCUT2D eigenvalue weighted by atomic mass is 32.1. The minimum Gasteiger partial charge on any atom is -0.468 e. The maximum absolute atomic E-state index is 11.0. The number of pyridine rings is 1. The predicted octanol–water partition coefficient (Wildman–Crippen LogP) is 1.10. The number of methoxy groups -OCH3 is 1. The molecule has 70 valence electrons. The monoisotopic (exact) mass is 197 g/mol. The summed E-state index contributed by atoms with van der Waals surface area (Å²) in [6.45, 7) is 0. The van der Waals surface area contributed by atoms with Gasteiger partial charge in [0.25, 0.3) is 0 Å². The molecule has 1 atom stereocenters. The van der Waals surface area contributed by atoms with Gasteiger partial charge in [0.05, 0.1) is 7.11 Å². The van der Waals surface area contributed by atoms with Gasteiger partial charge in [-0.2, -0.15) is 12.6 Å². The van der Waals surface area contributed by atoms with E-state index < -0.39 is 5.25 Å². The zero-order valence-electron chi connectivity index (χ0n) is 7.30. The van der Waals surface area contributed by atoms with Gasteiger partial charge in [-0.3, -0.25) is 9.78 Å². The lowest BCUT2D eigenvalue weighted by atomic mass is 10.1. The second-order valence-electron chi connectivity index (χ2n) is 2.60. The molecule has 0 aromatic carbocycles. The summed E-state index contributed by atoms with van der Waals surface area (Å²) < 4.78 is 4.55. The molecule has 1 heterocycles. The zero-order valence-corrected chi connectivity index (χ0v) is 8.20. The van der Waals surface area contributed by atoms with E-state index in [1.54, 1.807) is 12.4 Å². The Hall–Kier alpha value is -1.03. The van der Waals surface area contributed by atoms with Gasteiger partial charge in [0.2, 0.25) is 0 Å². The maximum Gasteiger partial charge on any atom is 0.318 e. The van der Waals surface area contributed by atoms with Crippen LogP contribution in [0, 0.1) is 0 Å². The third-order valence-corrected chi connectivity index (χ3v) is 2.02. The number of carbonyl (C=O) groups is 1. The van der Waals surface area contributed by atoms with Crippen LogP contribution in [0.15, 0.2) is 24.5 Å². The van der Waals surface area contributed by atoms with Gasteiger partial charge in [-0.1, -0.05) is 6.07 Å². The van der Waals surface area contributed by atoms with Crippen molar-refractivity contribution in [2.24, 2.45) is 0 Å². The van der Waals surface area contributed by atoms with Gasteiger partial charge >= 0.3 is 5.97 Å². The Morgan fingerprint density at radius 3 is 3.08 bits per heavy atom. The molecule has 0 saturated carbocycles. The first-order valence-electron chi connectivity index (χ1n) is 3.89. The number of aromatic nitrogens is 1. The van der Waals surface area contributed by atoms with Crippen LogP contribution in [0.2, 0.25) is 0 Å². The molecule has 1 rings (SSSR count). The van der Waals surface area contributed by atoms with Crippen LogP contribution in [0.25, 0.3) is 0 Å². The van der Waals surface area contributed by atoms with Crippen molar-refractivity contribution >= 4 is 18.6 Å². The first-order valence-corrected chi connectivity index (χ1v) is 4.40. The summed E-state index contributed by atoms with van der Waals surface area (Å²) in [4.78, 5) is 14.9. The maximum atomic E-state index is 11.0. The molecule has 0 radical (unpaired) electrons. The minimum absolute atomic E-state index is 0.313. The van der Waals surface area contributed by atoms with Gasteiger partial charge in [-0.05, 0) is 18.1 Å². The van der Waals surface area contributed by atoms with Crippen molar-refractivity contribution in [3.63, 3.8) is 0 Å². The van der Waals surface area contributed by atoms with Gasteiger partial charge in [-0.15, -0.1) is 0 Å². The summed E-state index contributed by atoms with van der Waals surface area (Å²) in [6, 6.07) is 3.73. The van der Waals surface area contributed by atoms with E-state index in [0.29, 0.717) is 6.42 Å². The fraction of sp³-hybridized carbons (Fsp3) is 0.333. The average molecular weight is 197 g/mol. The van der Waals surface area contributed by atoms with Gasteiger partial charge in [-0.25, -0.2) is 0 Å². The van der Waals surface area contributed by atoms with Crippen molar-refractivity contribution in [2.45, 2.75) is 11.7 Å². The summed E-state index contributed by atoms with van der Waals surface area (Å²) >= 11 is 4.11. The Morgan fingerprint density at radius 2 is 2.54 bits per heavy atom. The molecule has 3 nitrogen and oxygen atoms in total. The number of hydrogen-bond acceptors (Lipinski definition) is 4. The number of nitrogens with zero attached hydrogens (tertiary/aromatic N) is 1. The summed E-state index contributed by atoms with van der Waals surface area (Å²) in [5.41, 5.74) is 0.980. The SMILES string of the molecule is COC(=O)C(S)Cc1cccnc1. The van der Waals surface area contributed by atoms with Crippen LogP contribution in [0.4, 0.5) is 0 Å². The fourth-order valence-electron chi connectivity index (χ4n) is 0.962. The van der Waals surface area contributed by atoms with E-state index in [1.807, 2.05) is 12.1 Å². The fourth-order valence-corrected chi connectivity index (χ4v) is 1.28. The van der Waals surface area contributed by atoms with E-state index >= 15 is 0 Å². The van der Waals surface area contributed by atoms with E-state index in [4.69, 9.17) is 0 Å². The number of ether oxygens (including phenoxy) is 1. The molecular weight excluding hydrogens is 186 g/mol. The van der Waals surface area contributed by atoms with Crippen LogP contribution >= 0.6 is 12.6 Å². The van der Waals surface area contributed by atoms with Gasteiger partial charge in [0.1, 0.15) is 5.25 Å². The molecule has 0 bridgehead atoms. The Kier molecular flexibility index (Phi) is 3.76. The van der Waals surface area contributed by atoms with Crippen LogP contribution < -0.4 is 0 Å². The molecular formula is C9H11NO2S. The summed E-state index contributed by atoms with van der Waals surface area (Å²) in [5.74, 6) is -0.313. The third kappa shape index (κ3) is 3.06. The quantitative estimate of drug-likeness (QED) is 0.582. The van der Waals surface area contributed by atoms with Crippen molar-refractivity contribution in [2.75, 3.05) is 7.11 Å². The summed E-state index contributed by atoms with van der Waals surface area (Å²) in [5, 5.41) is -0.408. The molecule has 1 aromatic rings. The van der Waals surface area contributed by atoms with Crippen molar-refractivity contribution in [1.29, 1.82) is 0 Å². The molecule has 4 heteroatoms. The molecule has 0 aliphatic heterocycles. The summed E-state index contributed by atoms with van der Waals surface area (Å²) in [6.07, 6.45) is 3.95. The van der Waals surface area contributed by atoms with E-state index in [-0.39, 0.29) is 5.97 Å². The molecule has 0 aliphatic rings.